The van der Waals surface area contributed by atoms with Gasteiger partial charge in [0, 0.05) is 87.1 Å². The van der Waals surface area contributed by atoms with Crippen LogP contribution in [0.3, 0.4) is 0 Å². The van der Waals surface area contributed by atoms with Crippen molar-refractivity contribution in [3.63, 3.8) is 0 Å². The fourth-order valence-electron chi connectivity index (χ4n) is 8.24. The van der Waals surface area contributed by atoms with E-state index in [9.17, 15) is 13.2 Å². The lowest BCUT2D eigenvalue weighted by Gasteiger charge is -2.59. The van der Waals surface area contributed by atoms with E-state index in [0.717, 1.165) is 45.1 Å². The maximum atomic E-state index is 13.5. The predicted octanol–water partition coefficient (Wildman–Crippen LogP) is 4.01. The Bertz CT molecular complexity index is 893. The van der Waals surface area contributed by atoms with Gasteiger partial charge in [0.05, 0.1) is 13.1 Å². The van der Waals surface area contributed by atoms with Crippen LogP contribution in [0.4, 0.5) is 13.2 Å². The zero-order valence-corrected chi connectivity index (χ0v) is 26.6. The summed E-state index contributed by atoms with van der Waals surface area (Å²) < 4.78 is 40.3. The average Bonchev–Trinajstić information content (AvgIpc) is 2.77. The predicted molar refractivity (Wildman–Crippen MR) is 160 cm³/mol. The molecule has 0 aromatic heterocycles. The molecule has 1 unspecified atom stereocenters. The van der Waals surface area contributed by atoms with E-state index in [1.807, 2.05) is 4.90 Å². The summed E-state index contributed by atoms with van der Waals surface area (Å²) in [7, 11) is 0. The van der Waals surface area contributed by atoms with Crippen LogP contribution in [0.2, 0.25) is 0 Å². The normalized spacial score (nSPS) is 30.7. The summed E-state index contributed by atoms with van der Waals surface area (Å²) in [5, 5.41) is 0. The van der Waals surface area contributed by atoms with E-state index in [4.69, 9.17) is 0 Å². The summed E-state index contributed by atoms with van der Waals surface area (Å²) in [6.07, 6.45) is 8.08. The molecule has 0 aromatic carbocycles. The van der Waals surface area contributed by atoms with Crippen LogP contribution in [0.1, 0.15) is 79.6 Å². The molecule has 0 amide bonds. The molecule has 236 valence electrons. The third kappa shape index (κ3) is 6.37. The number of hydrogen-bond acceptors (Lipinski definition) is 6. The van der Waals surface area contributed by atoms with Crippen molar-refractivity contribution in [1.29, 1.82) is 0 Å². The number of hydrogen-bond donors (Lipinski definition) is 0. The van der Waals surface area contributed by atoms with E-state index in [0.29, 0.717) is 25.2 Å². The molecule has 0 saturated carbocycles. The van der Waals surface area contributed by atoms with Gasteiger partial charge in [0.2, 0.25) is 0 Å². The summed E-state index contributed by atoms with van der Waals surface area (Å²) in [5.74, 6) is -2.48. The summed E-state index contributed by atoms with van der Waals surface area (Å²) in [6, 6.07) is 1.55. The Morgan fingerprint density at radius 1 is 0.561 bits per heavy atom. The van der Waals surface area contributed by atoms with Crippen LogP contribution >= 0.6 is 0 Å². The summed E-state index contributed by atoms with van der Waals surface area (Å²) in [6.45, 7) is 22.1. The fraction of sp³-hybridized carbons (Fsp3) is 1.00. The van der Waals surface area contributed by atoms with Crippen molar-refractivity contribution in [2.45, 2.75) is 126 Å². The molecule has 6 saturated heterocycles. The Labute approximate surface area is 247 Å². The van der Waals surface area contributed by atoms with Crippen LogP contribution in [0.15, 0.2) is 0 Å². The largest absolute Gasteiger partial charge is 0.298 e. The second kappa shape index (κ2) is 11.2. The number of rotatable bonds is 12. The molecule has 0 spiro atoms. The number of alkyl halides is 3. The molecule has 1 atom stereocenters. The zero-order valence-electron chi connectivity index (χ0n) is 26.6. The number of nitrogens with zero attached hydrogens (tertiary/aromatic N) is 6. The minimum Gasteiger partial charge on any atom is -0.298 e. The second-order valence-corrected chi connectivity index (χ2v) is 16.2. The Hall–Kier alpha value is -0.450. The Kier molecular flexibility index (Phi) is 8.33. The van der Waals surface area contributed by atoms with Crippen LogP contribution < -0.4 is 0 Å². The molecule has 0 bridgehead atoms. The van der Waals surface area contributed by atoms with Gasteiger partial charge in [0.1, 0.15) is 6.17 Å². The van der Waals surface area contributed by atoms with Crippen molar-refractivity contribution < 1.29 is 13.2 Å². The zero-order chi connectivity index (χ0) is 29.2. The van der Waals surface area contributed by atoms with Gasteiger partial charge in [-0.15, -0.1) is 0 Å². The van der Waals surface area contributed by atoms with Crippen molar-refractivity contribution in [1.82, 2.24) is 29.4 Å². The standard InChI is InChI=1S/C32H57F3N6/c1-29(2,39-17-26(18-39)36-13-7-6-8-14-36)9-11-31(5,41-21-27(22-41)37-15-25(33)16-37)12-10-30(3,4)40-19-28(20-40)38-23-32(34,35)24-38/h25-28H,6-24H2,1-5H3. The topological polar surface area (TPSA) is 19.4 Å². The molecule has 0 aromatic rings. The monoisotopic (exact) mass is 582 g/mol. The Balaban J connectivity index is 1.02. The summed E-state index contributed by atoms with van der Waals surface area (Å²) in [5.41, 5.74) is 0.366. The highest BCUT2D eigenvalue weighted by Gasteiger charge is 2.52. The van der Waals surface area contributed by atoms with E-state index in [2.05, 4.69) is 59.1 Å². The first-order valence-electron chi connectivity index (χ1n) is 16.7. The van der Waals surface area contributed by atoms with Crippen LogP contribution in [0, 0.1) is 0 Å². The highest BCUT2D eigenvalue weighted by atomic mass is 19.3. The lowest BCUT2D eigenvalue weighted by atomic mass is 9.77. The van der Waals surface area contributed by atoms with Gasteiger partial charge >= 0.3 is 0 Å². The lowest BCUT2D eigenvalue weighted by Crippen LogP contribution is -2.72. The first kappa shape index (κ1) is 30.6. The van der Waals surface area contributed by atoms with Gasteiger partial charge < -0.3 is 0 Å². The van der Waals surface area contributed by atoms with Crippen LogP contribution in [0.5, 0.6) is 0 Å². The minimum absolute atomic E-state index is 0.0585. The summed E-state index contributed by atoms with van der Waals surface area (Å²) in [4.78, 5) is 14.9. The third-order valence-electron chi connectivity index (χ3n) is 12.3. The molecular weight excluding hydrogens is 525 g/mol. The molecule has 0 aliphatic carbocycles. The van der Waals surface area contributed by atoms with E-state index in [1.165, 1.54) is 58.3 Å². The first-order chi connectivity index (χ1) is 19.2. The van der Waals surface area contributed by atoms with Gasteiger partial charge in [0.25, 0.3) is 5.92 Å². The highest BCUT2D eigenvalue weighted by molar-refractivity contribution is 5.06. The molecule has 6 heterocycles. The third-order valence-corrected chi connectivity index (χ3v) is 12.3. The Morgan fingerprint density at radius 2 is 1.00 bits per heavy atom. The molecular formula is C32H57F3N6. The van der Waals surface area contributed by atoms with E-state index in [1.54, 1.807) is 0 Å². The number of piperidine rings is 1. The molecule has 6 aliphatic rings. The molecule has 6 fully saturated rings. The minimum atomic E-state index is -2.48. The van der Waals surface area contributed by atoms with Crippen molar-refractivity contribution in [2.24, 2.45) is 0 Å². The quantitative estimate of drug-likeness (QED) is 0.344. The molecule has 6 aliphatic heterocycles. The SMILES string of the molecule is CC(C)(CCC(C)(CCC(C)(C)N1CC(N2CC(F)(F)C2)C1)N1CC(N2CC(F)C2)C1)N1CC(N2CCCCC2)C1. The van der Waals surface area contributed by atoms with Gasteiger partial charge in [-0.05, 0) is 86.2 Å². The lowest BCUT2D eigenvalue weighted by molar-refractivity contribution is -0.174. The maximum absolute atomic E-state index is 13.5. The van der Waals surface area contributed by atoms with Gasteiger partial charge in [0.15, 0.2) is 0 Å². The summed E-state index contributed by atoms with van der Waals surface area (Å²) >= 11 is 0. The Morgan fingerprint density at radius 3 is 1.46 bits per heavy atom. The maximum Gasteiger partial charge on any atom is 0.272 e. The fourth-order valence-corrected chi connectivity index (χ4v) is 8.24. The van der Waals surface area contributed by atoms with Crippen LogP contribution in [-0.2, 0) is 0 Å². The van der Waals surface area contributed by atoms with Crippen LogP contribution in [0.25, 0.3) is 0 Å². The number of likely N-dealkylation sites (tertiary alicyclic amines) is 6. The second-order valence-electron chi connectivity index (χ2n) is 16.2. The van der Waals surface area contributed by atoms with Gasteiger partial charge in [-0.2, -0.15) is 0 Å². The average molecular weight is 583 g/mol. The van der Waals surface area contributed by atoms with E-state index in [-0.39, 0.29) is 29.7 Å². The van der Waals surface area contributed by atoms with Gasteiger partial charge in [-0.3, -0.25) is 29.4 Å². The molecule has 0 radical (unpaired) electrons. The molecule has 6 nitrogen and oxygen atoms in total. The smallest absolute Gasteiger partial charge is 0.272 e. The molecule has 6 rings (SSSR count). The van der Waals surface area contributed by atoms with Crippen molar-refractivity contribution in [3.8, 4) is 0 Å². The highest BCUT2D eigenvalue weighted by Crippen LogP contribution is 2.41. The molecule has 0 N–H and O–H groups in total. The van der Waals surface area contributed by atoms with E-state index >= 15 is 0 Å². The number of halogens is 3. The van der Waals surface area contributed by atoms with Gasteiger partial charge in [-0.25, -0.2) is 13.2 Å². The van der Waals surface area contributed by atoms with Gasteiger partial charge in [-0.1, -0.05) is 6.42 Å². The van der Waals surface area contributed by atoms with Crippen molar-refractivity contribution in [2.75, 3.05) is 78.5 Å². The first-order valence-corrected chi connectivity index (χ1v) is 16.7. The van der Waals surface area contributed by atoms with Crippen molar-refractivity contribution in [3.05, 3.63) is 0 Å². The van der Waals surface area contributed by atoms with Crippen molar-refractivity contribution >= 4 is 0 Å². The molecule has 9 heteroatoms. The van der Waals surface area contributed by atoms with Crippen LogP contribution in [-0.4, -0.2) is 155 Å². The van der Waals surface area contributed by atoms with E-state index < -0.39 is 12.1 Å². The molecule has 41 heavy (non-hydrogen) atoms.